The number of fused-ring (bicyclic) bond motifs is 4. The molecule has 146 valence electrons. The average Bonchev–Trinajstić information content (AvgIpc) is 3.27. The van der Waals surface area contributed by atoms with Crippen molar-refractivity contribution in [3.8, 4) is 5.82 Å². The molecular formula is C26H28N3+. The van der Waals surface area contributed by atoms with Crippen LogP contribution < -0.4 is 4.57 Å². The molecule has 0 bridgehead atoms. The number of pyridine rings is 1. The average molecular weight is 390 g/mol. The minimum absolute atomic E-state index is 0.143. The highest BCUT2D eigenvalue weighted by Gasteiger charge is 2.28. The Morgan fingerprint density at radius 3 is 2.62 bits per heavy atom. The monoisotopic (exact) mass is 389 g/mol. The van der Waals surface area contributed by atoms with Crippen LogP contribution in [0, 0.1) is 13.7 Å². The molecule has 0 aliphatic heterocycles. The van der Waals surface area contributed by atoms with E-state index in [1.807, 2.05) is 91.8 Å². The van der Waals surface area contributed by atoms with Crippen LogP contribution in [-0.4, -0.2) is 9.13 Å². The molecule has 0 saturated carbocycles. The summed E-state index contributed by atoms with van der Waals surface area (Å²) in [6.45, 7) is -1.71. The minimum atomic E-state index is -2.69. The van der Waals surface area contributed by atoms with E-state index in [9.17, 15) is 0 Å². The Morgan fingerprint density at radius 1 is 1.03 bits per heavy atom. The molecule has 3 nitrogen and oxygen atoms in total. The van der Waals surface area contributed by atoms with Crippen molar-refractivity contribution in [2.45, 2.75) is 33.4 Å². The van der Waals surface area contributed by atoms with Gasteiger partial charge in [-0.05, 0) is 48.7 Å². The fraction of sp³-hybridized carbons (Fsp3) is 0.269. The van der Waals surface area contributed by atoms with Crippen molar-refractivity contribution in [3.05, 3.63) is 71.5 Å². The van der Waals surface area contributed by atoms with Gasteiger partial charge in [-0.25, -0.2) is 4.57 Å². The van der Waals surface area contributed by atoms with Crippen LogP contribution in [0.4, 0.5) is 0 Å². The molecule has 0 radical (unpaired) electrons. The van der Waals surface area contributed by atoms with Gasteiger partial charge in [0, 0.05) is 27.6 Å². The molecule has 0 aliphatic carbocycles. The molecule has 0 saturated heterocycles. The fourth-order valence-corrected chi connectivity index (χ4v) is 4.38. The molecule has 5 aromatic rings. The molecule has 0 fully saturated rings. The SMILES string of the molecule is [2H]C([2H])([2H])c1c(C([2H])([2H])[2H])n(-c2c3ccc(C([2H])(C)C)cc3cc[n+]2C)c2c1c1ccccc1n2C. The van der Waals surface area contributed by atoms with Gasteiger partial charge in [0.15, 0.2) is 0 Å². The minimum Gasteiger partial charge on any atom is -0.311 e. The lowest BCUT2D eigenvalue weighted by Crippen LogP contribution is -2.34. The molecular weight excluding hydrogens is 354 g/mol. The van der Waals surface area contributed by atoms with Crippen molar-refractivity contribution >= 4 is 32.7 Å². The Bertz CT molecular complexity index is 1660. The van der Waals surface area contributed by atoms with Crippen LogP contribution in [0.2, 0.25) is 0 Å². The zero-order valence-corrected chi connectivity index (χ0v) is 17.0. The third kappa shape index (κ3) is 2.40. The summed E-state index contributed by atoms with van der Waals surface area (Å²) >= 11 is 0. The van der Waals surface area contributed by atoms with Gasteiger partial charge in [0.05, 0.1) is 29.5 Å². The van der Waals surface area contributed by atoms with Crippen molar-refractivity contribution in [2.24, 2.45) is 14.1 Å². The van der Waals surface area contributed by atoms with Crippen LogP contribution >= 0.6 is 0 Å². The molecule has 5 rings (SSSR count). The van der Waals surface area contributed by atoms with Gasteiger partial charge in [-0.2, -0.15) is 4.57 Å². The van der Waals surface area contributed by atoms with Crippen molar-refractivity contribution in [1.29, 1.82) is 0 Å². The van der Waals surface area contributed by atoms with Gasteiger partial charge in [-0.3, -0.25) is 0 Å². The molecule has 0 N–H and O–H groups in total. The predicted molar refractivity (Wildman–Crippen MR) is 122 cm³/mol. The van der Waals surface area contributed by atoms with E-state index in [1.54, 1.807) is 4.57 Å². The Labute approximate surface area is 181 Å². The van der Waals surface area contributed by atoms with Gasteiger partial charge in [0.25, 0.3) is 5.82 Å². The normalized spacial score (nSPS) is 16.9. The van der Waals surface area contributed by atoms with Crippen LogP contribution in [0.5, 0.6) is 0 Å². The number of para-hydroxylation sites is 1. The van der Waals surface area contributed by atoms with Crippen molar-refractivity contribution < 1.29 is 14.2 Å². The second-order valence-corrected chi connectivity index (χ2v) is 7.89. The van der Waals surface area contributed by atoms with E-state index in [0.717, 1.165) is 21.9 Å². The van der Waals surface area contributed by atoms with Gasteiger partial charge in [0.1, 0.15) is 5.69 Å². The highest BCUT2D eigenvalue weighted by molar-refractivity contribution is 6.10. The van der Waals surface area contributed by atoms with Crippen LogP contribution in [0.15, 0.2) is 54.7 Å². The fourth-order valence-electron chi connectivity index (χ4n) is 4.38. The second-order valence-electron chi connectivity index (χ2n) is 7.89. The summed E-state index contributed by atoms with van der Waals surface area (Å²) in [5.74, 6) is -0.249. The predicted octanol–water partition coefficient (Wildman–Crippen LogP) is 5.84. The molecule has 0 atom stereocenters. The molecule has 0 aliphatic rings. The number of hydrogen-bond donors (Lipinski definition) is 0. The molecule has 3 heteroatoms. The zero-order valence-electron chi connectivity index (χ0n) is 24.0. The summed E-state index contributed by atoms with van der Waals surface area (Å²) in [4.78, 5) is 0. The zero-order chi connectivity index (χ0) is 26.4. The Kier molecular flexibility index (Phi) is 2.53. The lowest BCUT2D eigenvalue weighted by atomic mass is 10.00. The first-order valence-electron chi connectivity index (χ1n) is 13.2. The van der Waals surface area contributed by atoms with Crippen LogP contribution in [0.1, 0.15) is 46.2 Å². The van der Waals surface area contributed by atoms with E-state index in [2.05, 4.69) is 0 Å². The van der Waals surface area contributed by atoms with Crippen LogP contribution in [-0.2, 0) is 14.1 Å². The van der Waals surface area contributed by atoms with E-state index in [1.165, 1.54) is 0 Å². The first kappa shape index (κ1) is 11.8. The van der Waals surface area contributed by atoms with Gasteiger partial charge in [-0.1, -0.05) is 44.2 Å². The summed E-state index contributed by atoms with van der Waals surface area (Å²) in [5, 5.41) is 2.73. The lowest BCUT2D eigenvalue weighted by Gasteiger charge is -2.11. The molecule has 29 heavy (non-hydrogen) atoms. The van der Waals surface area contributed by atoms with Crippen molar-refractivity contribution in [2.75, 3.05) is 0 Å². The topological polar surface area (TPSA) is 13.7 Å². The van der Waals surface area contributed by atoms with Gasteiger partial charge in [-0.15, -0.1) is 0 Å². The Hall–Kier alpha value is -3.07. The van der Waals surface area contributed by atoms with E-state index >= 15 is 0 Å². The van der Waals surface area contributed by atoms with Crippen LogP contribution in [0.25, 0.3) is 38.5 Å². The summed E-state index contributed by atoms with van der Waals surface area (Å²) in [6.07, 6.45) is 1.84. The Balaban J connectivity index is 2.06. The van der Waals surface area contributed by atoms with Gasteiger partial charge in [0.2, 0.25) is 5.65 Å². The molecule has 0 amide bonds. The molecule has 3 aromatic heterocycles. The van der Waals surface area contributed by atoms with Gasteiger partial charge >= 0.3 is 0 Å². The second kappa shape index (κ2) is 6.21. The van der Waals surface area contributed by atoms with Gasteiger partial charge < -0.3 is 4.57 Å². The van der Waals surface area contributed by atoms with Crippen molar-refractivity contribution in [1.82, 2.24) is 9.13 Å². The molecule has 2 aromatic carbocycles. The van der Waals surface area contributed by atoms with E-state index < -0.39 is 19.6 Å². The third-order valence-electron chi connectivity index (χ3n) is 5.89. The molecule has 0 unspecified atom stereocenters. The third-order valence-corrected chi connectivity index (χ3v) is 5.89. The number of nitrogens with zero attached hydrogens (tertiary/aromatic N) is 3. The Morgan fingerprint density at radius 2 is 1.86 bits per heavy atom. The first-order valence-corrected chi connectivity index (χ1v) is 9.68. The maximum absolute atomic E-state index is 8.45. The quantitative estimate of drug-likeness (QED) is 0.337. The maximum Gasteiger partial charge on any atom is 0.295 e. The summed E-state index contributed by atoms with van der Waals surface area (Å²) in [7, 11) is 3.66. The summed E-state index contributed by atoms with van der Waals surface area (Å²) in [6, 6.07) is 15.1. The lowest BCUT2D eigenvalue weighted by molar-refractivity contribution is -0.664. The maximum atomic E-state index is 8.45. The number of aromatic nitrogens is 3. The largest absolute Gasteiger partial charge is 0.311 e. The number of benzene rings is 2. The summed E-state index contributed by atoms with van der Waals surface area (Å²) < 4.78 is 64.2. The highest BCUT2D eigenvalue weighted by atomic mass is 15.2. The number of rotatable bonds is 2. The summed E-state index contributed by atoms with van der Waals surface area (Å²) in [5.41, 5.74) is 1.81. The van der Waals surface area contributed by atoms with Crippen molar-refractivity contribution in [3.63, 3.8) is 0 Å². The molecule has 3 heterocycles. The van der Waals surface area contributed by atoms with E-state index in [4.69, 9.17) is 9.60 Å². The highest BCUT2D eigenvalue weighted by Crippen LogP contribution is 2.37. The standard InChI is InChI=1S/C26H28N3/c1-16(2)19-11-12-21-20(15-19)13-14-27(5)25(21)29-18(4)17(3)24-22-9-7-8-10-23(22)28(6)26(24)29/h7-16H,1-6H3/q+1/i3D3,4D3,16D. The smallest absolute Gasteiger partial charge is 0.295 e. The number of aryl methyl sites for hydroxylation is 3. The van der Waals surface area contributed by atoms with E-state index in [0.29, 0.717) is 22.2 Å². The molecule has 0 spiro atoms. The first-order chi connectivity index (χ1) is 16.6. The number of hydrogen-bond acceptors (Lipinski definition) is 0. The van der Waals surface area contributed by atoms with E-state index in [-0.39, 0.29) is 11.3 Å². The van der Waals surface area contributed by atoms with Crippen LogP contribution in [0.3, 0.4) is 0 Å².